The zero-order chi connectivity index (χ0) is 16.4. The van der Waals surface area contributed by atoms with Crippen LogP contribution in [-0.4, -0.2) is 24.1 Å². The molecule has 23 heavy (non-hydrogen) atoms. The van der Waals surface area contributed by atoms with E-state index < -0.39 is 4.92 Å². The van der Waals surface area contributed by atoms with E-state index in [2.05, 4.69) is 0 Å². The SMILES string of the molecule is Cc1cc(OCC(=O)c2ccc3c(c2)OCO3)ccc1[N+](=O)[O-]. The lowest BCUT2D eigenvalue weighted by molar-refractivity contribution is -0.385. The summed E-state index contributed by atoms with van der Waals surface area (Å²) in [5.41, 5.74) is 0.940. The highest BCUT2D eigenvalue weighted by Gasteiger charge is 2.17. The number of nitro benzene ring substituents is 1. The number of hydrogen-bond acceptors (Lipinski definition) is 6. The maximum Gasteiger partial charge on any atom is 0.272 e. The van der Waals surface area contributed by atoms with E-state index in [4.69, 9.17) is 14.2 Å². The van der Waals surface area contributed by atoms with E-state index in [1.165, 1.54) is 18.2 Å². The van der Waals surface area contributed by atoms with Gasteiger partial charge < -0.3 is 14.2 Å². The van der Waals surface area contributed by atoms with E-state index in [0.717, 1.165) is 0 Å². The Morgan fingerprint density at radius 3 is 2.74 bits per heavy atom. The van der Waals surface area contributed by atoms with Crippen molar-refractivity contribution < 1.29 is 23.9 Å². The van der Waals surface area contributed by atoms with Crippen LogP contribution in [-0.2, 0) is 0 Å². The molecule has 1 aliphatic heterocycles. The van der Waals surface area contributed by atoms with E-state index in [1.54, 1.807) is 25.1 Å². The number of fused-ring (bicyclic) bond motifs is 1. The van der Waals surface area contributed by atoms with Crippen LogP contribution < -0.4 is 14.2 Å². The van der Waals surface area contributed by atoms with Crippen LogP contribution in [0.25, 0.3) is 0 Å². The van der Waals surface area contributed by atoms with E-state index >= 15 is 0 Å². The molecule has 7 heteroatoms. The Kier molecular flexibility index (Phi) is 3.84. The van der Waals surface area contributed by atoms with Crippen LogP contribution in [0.4, 0.5) is 5.69 Å². The van der Waals surface area contributed by atoms with Crippen LogP contribution in [0.2, 0.25) is 0 Å². The Balaban J connectivity index is 1.67. The fraction of sp³-hybridized carbons (Fsp3) is 0.188. The molecule has 2 aromatic carbocycles. The summed E-state index contributed by atoms with van der Waals surface area (Å²) in [5.74, 6) is 1.32. The van der Waals surface area contributed by atoms with Gasteiger partial charge in [-0.2, -0.15) is 0 Å². The summed E-state index contributed by atoms with van der Waals surface area (Å²) in [5, 5.41) is 10.8. The van der Waals surface area contributed by atoms with E-state index in [9.17, 15) is 14.9 Å². The number of Topliss-reactive ketones (excluding diaryl/α,β-unsaturated/α-hetero) is 1. The zero-order valence-electron chi connectivity index (χ0n) is 12.3. The largest absolute Gasteiger partial charge is 0.485 e. The minimum Gasteiger partial charge on any atom is -0.485 e. The lowest BCUT2D eigenvalue weighted by Crippen LogP contribution is -2.11. The van der Waals surface area contributed by atoms with Gasteiger partial charge in [0, 0.05) is 17.2 Å². The third kappa shape index (κ3) is 3.08. The van der Waals surface area contributed by atoms with Crippen molar-refractivity contribution in [2.45, 2.75) is 6.92 Å². The first-order valence-corrected chi connectivity index (χ1v) is 6.85. The number of carbonyl (C=O) groups excluding carboxylic acids is 1. The third-order valence-corrected chi connectivity index (χ3v) is 3.43. The maximum absolute atomic E-state index is 12.1. The number of hydrogen-bond donors (Lipinski definition) is 0. The van der Waals surface area contributed by atoms with Crippen molar-refractivity contribution in [3.8, 4) is 17.2 Å². The van der Waals surface area contributed by atoms with Gasteiger partial charge in [0.25, 0.3) is 5.69 Å². The number of aryl methyl sites for hydroxylation is 1. The highest BCUT2D eigenvalue weighted by atomic mass is 16.7. The highest BCUT2D eigenvalue weighted by molar-refractivity contribution is 5.97. The molecule has 0 saturated carbocycles. The smallest absolute Gasteiger partial charge is 0.272 e. The molecule has 0 saturated heterocycles. The highest BCUT2D eigenvalue weighted by Crippen LogP contribution is 2.32. The van der Waals surface area contributed by atoms with Crippen molar-refractivity contribution in [2.24, 2.45) is 0 Å². The van der Waals surface area contributed by atoms with Crippen LogP contribution >= 0.6 is 0 Å². The maximum atomic E-state index is 12.1. The van der Waals surface area contributed by atoms with Crippen molar-refractivity contribution in [3.63, 3.8) is 0 Å². The van der Waals surface area contributed by atoms with Crippen LogP contribution in [0.3, 0.4) is 0 Å². The normalized spacial score (nSPS) is 12.0. The summed E-state index contributed by atoms with van der Waals surface area (Å²) in [6.07, 6.45) is 0. The van der Waals surface area contributed by atoms with Gasteiger partial charge >= 0.3 is 0 Å². The Hall–Kier alpha value is -3.09. The molecular weight excluding hydrogens is 302 g/mol. The minimum absolute atomic E-state index is 0.0134. The van der Waals surface area contributed by atoms with Crippen molar-refractivity contribution >= 4 is 11.5 Å². The summed E-state index contributed by atoms with van der Waals surface area (Å²) in [6.45, 7) is 1.59. The van der Waals surface area contributed by atoms with Crippen LogP contribution in [0.1, 0.15) is 15.9 Å². The predicted octanol–water partition coefficient (Wildman–Crippen LogP) is 2.89. The van der Waals surface area contributed by atoms with Crippen molar-refractivity contribution in [3.05, 3.63) is 57.6 Å². The topological polar surface area (TPSA) is 87.9 Å². The van der Waals surface area contributed by atoms with Gasteiger partial charge in [-0.05, 0) is 37.3 Å². The number of ether oxygens (including phenoxy) is 3. The molecule has 0 atom stereocenters. The lowest BCUT2D eigenvalue weighted by atomic mass is 10.1. The lowest BCUT2D eigenvalue weighted by Gasteiger charge is -2.07. The summed E-state index contributed by atoms with van der Waals surface area (Å²) in [6, 6.07) is 9.28. The molecule has 0 fully saturated rings. The third-order valence-electron chi connectivity index (χ3n) is 3.43. The molecule has 118 valence electrons. The molecule has 0 unspecified atom stereocenters. The van der Waals surface area contributed by atoms with Gasteiger partial charge in [0.1, 0.15) is 5.75 Å². The molecular formula is C16H13NO6. The summed E-state index contributed by atoms with van der Waals surface area (Å²) >= 11 is 0. The second-order valence-corrected chi connectivity index (χ2v) is 4.99. The second kappa shape index (κ2) is 5.96. The molecule has 3 rings (SSSR count). The Bertz CT molecular complexity index is 786. The monoisotopic (exact) mass is 315 g/mol. The Morgan fingerprint density at radius 2 is 2.00 bits per heavy atom. The van der Waals surface area contributed by atoms with Gasteiger partial charge in [0.2, 0.25) is 6.79 Å². The molecule has 0 aromatic heterocycles. The zero-order valence-corrected chi connectivity index (χ0v) is 12.3. The number of rotatable bonds is 5. The minimum atomic E-state index is -0.461. The van der Waals surface area contributed by atoms with Crippen molar-refractivity contribution in [1.82, 2.24) is 0 Å². The fourth-order valence-corrected chi connectivity index (χ4v) is 2.22. The molecule has 7 nitrogen and oxygen atoms in total. The van der Waals surface area contributed by atoms with Gasteiger partial charge in [-0.3, -0.25) is 14.9 Å². The molecule has 0 spiro atoms. The molecule has 0 bridgehead atoms. The van der Waals surface area contributed by atoms with Gasteiger partial charge in [0.15, 0.2) is 23.9 Å². The number of nitro groups is 1. The quantitative estimate of drug-likeness (QED) is 0.479. The Morgan fingerprint density at radius 1 is 1.22 bits per heavy atom. The molecule has 1 aliphatic rings. The number of carbonyl (C=O) groups is 1. The molecule has 1 heterocycles. The van der Waals surface area contributed by atoms with Crippen LogP contribution in [0, 0.1) is 17.0 Å². The molecule has 0 aliphatic carbocycles. The van der Waals surface area contributed by atoms with Crippen molar-refractivity contribution in [1.29, 1.82) is 0 Å². The standard InChI is InChI=1S/C16H13NO6/c1-10-6-12(3-4-13(10)17(19)20)21-8-14(18)11-2-5-15-16(7-11)23-9-22-15/h2-7H,8-9H2,1H3. The first-order valence-electron chi connectivity index (χ1n) is 6.85. The number of ketones is 1. The first kappa shape index (κ1) is 14.8. The second-order valence-electron chi connectivity index (χ2n) is 4.99. The molecule has 2 aromatic rings. The molecule has 0 amide bonds. The Labute approximate surface area is 131 Å². The van der Waals surface area contributed by atoms with Crippen LogP contribution in [0.15, 0.2) is 36.4 Å². The predicted molar refractivity (Wildman–Crippen MR) is 80.2 cm³/mol. The van der Waals surface area contributed by atoms with E-state index in [-0.39, 0.29) is 24.9 Å². The fourth-order valence-electron chi connectivity index (χ4n) is 2.22. The average molecular weight is 315 g/mol. The summed E-state index contributed by atoms with van der Waals surface area (Å²) in [7, 11) is 0. The van der Waals surface area contributed by atoms with Crippen LogP contribution in [0.5, 0.6) is 17.2 Å². The molecule has 0 N–H and O–H groups in total. The van der Waals surface area contributed by atoms with Gasteiger partial charge in [-0.25, -0.2) is 0 Å². The summed E-state index contributed by atoms with van der Waals surface area (Å²) in [4.78, 5) is 22.5. The van der Waals surface area contributed by atoms with Gasteiger partial charge in [-0.1, -0.05) is 0 Å². The van der Waals surface area contributed by atoms with Gasteiger partial charge in [0.05, 0.1) is 4.92 Å². The van der Waals surface area contributed by atoms with E-state index in [1.807, 2.05) is 0 Å². The average Bonchev–Trinajstić information content (AvgIpc) is 2.99. The van der Waals surface area contributed by atoms with Crippen molar-refractivity contribution in [2.75, 3.05) is 13.4 Å². The molecule has 0 radical (unpaired) electrons. The number of nitrogens with zero attached hydrogens (tertiary/aromatic N) is 1. The van der Waals surface area contributed by atoms with Gasteiger partial charge in [-0.15, -0.1) is 0 Å². The van der Waals surface area contributed by atoms with E-state index in [0.29, 0.717) is 28.4 Å². The first-order chi connectivity index (χ1) is 11.0. The summed E-state index contributed by atoms with van der Waals surface area (Å²) < 4.78 is 15.8. The number of benzene rings is 2.